The first-order valence-electron chi connectivity index (χ1n) is 4.21. The van der Waals surface area contributed by atoms with E-state index in [2.05, 4.69) is 9.36 Å². The second-order valence-corrected chi connectivity index (χ2v) is 3.87. The molecule has 0 aliphatic heterocycles. The summed E-state index contributed by atoms with van der Waals surface area (Å²) in [4.78, 5) is 15.6. The van der Waals surface area contributed by atoms with Crippen LogP contribution in [-0.2, 0) is 0 Å². The van der Waals surface area contributed by atoms with Gasteiger partial charge in [-0.05, 0) is 6.07 Å². The number of aromatic nitrogens is 2. The fraction of sp³-hybridized carbons (Fsp3) is 0. The quantitative estimate of drug-likeness (QED) is 0.607. The molecule has 14 heavy (non-hydrogen) atoms. The van der Waals surface area contributed by atoms with Crippen molar-refractivity contribution in [1.82, 2.24) is 9.36 Å². The zero-order chi connectivity index (χ0) is 9.54. The molecule has 4 heteroatoms. The Morgan fingerprint density at radius 2 is 2.07 bits per heavy atom. The van der Waals surface area contributed by atoms with Crippen LogP contribution < -0.4 is 5.56 Å². The highest BCUT2D eigenvalue weighted by Crippen LogP contribution is 2.23. The molecule has 0 saturated heterocycles. The van der Waals surface area contributed by atoms with Gasteiger partial charge in [-0.25, -0.2) is 0 Å². The summed E-state index contributed by atoms with van der Waals surface area (Å²) in [5.74, 6) is 0. The van der Waals surface area contributed by atoms with E-state index in [0.29, 0.717) is 5.39 Å². The van der Waals surface area contributed by atoms with Crippen LogP contribution in [0.5, 0.6) is 0 Å². The normalized spacial score (nSPS) is 11.1. The van der Waals surface area contributed by atoms with Crippen LogP contribution >= 0.6 is 11.5 Å². The summed E-state index contributed by atoms with van der Waals surface area (Å²) in [6.45, 7) is 0. The molecule has 3 rings (SSSR count). The van der Waals surface area contributed by atoms with Gasteiger partial charge in [-0.15, -0.1) is 0 Å². The molecule has 3 nitrogen and oxygen atoms in total. The number of hydrogen-bond acceptors (Lipinski definition) is 3. The zero-order valence-corrected chi connectivity index (χ0v) is 7.97. The van der Waals surface area contributed by atoms with Crippen LogP contribution in [0.25, 0.3) is 21.0 Å². The third kappa shape index (κ3) is 0.914. The summed E-state index contributed by atoms with van der Waals surface area (Å²) in [6, 6.07) is 7.82. The Labute approximate surface area is 83.2 Å². The highest BCUT2D eigenvalue weighted by Gasteiger charge is 2.05. The lowest BCUT2D eigenvalue weighted by atomic mass is 10.2. The minimum atomic E-state index is -0.0525. The van der Waals surface area contributed by atoms with Crippen LogP contribution in [0.1, 0.15) is 0 Å². The number of rotatable bonds is 0. The molecule has 0 bridgehead atoms. The maximum atomic E-state index is 11.3. The minimum Gasteiger partial charge on any atom is -0.277 e. The Morgan fingerprint density at radius 1 is 1.21 bits per heavy atom. The molecule has 0 unspecified atom stereocenters. The van der Waals surface area contributed by atoms with E-state index in [1.54, 1.807) is 6.20 Å². The van der Waals surface area contributed by atoms with Gasteiger partial charge in [-0.2, -0.15) is 0 Å². The number of aromatic amines is 1. The maximum Gasteiger partial charge on any atom is 0.267 e. The van der Waals surface area contributed by atoms with Crippen molar-refractivity contribution in [2.45, 2.75) is 0 Å². The van der Waals surface area contributed by atoms with Crippen LogP contribution in [0.4, 0.5) is 0 Å². The molecule has 0 radical (unpaired) electrons. The lowest BCUT2D eigenvalue weighted by Crippen LogP contribution is -1.96. The molecule has 0 aliphatic rings. The smallest absolute Gasteiger partial charge is 0.267 e. The average Bonchev–Trinajstić information content (AvgIpc) is 2.61. The van der Waals surface area contributed by atoms with E-state index in [4.69, 9.17) is 0 Å². The predicted molar refractivity (Wildman–Crippen MR) is 57.7 cm³/mol. The number of H-pyrrole nitrogens is 1. The van der Waals surface area contributed by atoms with E-state index in [-0.39, 0.29) is 5.56 Å². The summed E-state index contributed by atoms with van der Waals surface area (Å²) in [5, 5.41) is 1.71. The van der Waals surface area contributed by atoms with Crippen molar-refractivity contribution in [3.05, 3.63) is 40.8 Å². The molecule has 0 spiro atoms. The van der Waals surface area contributed by atoms with Gasteiger partial charge in [0, 0.05) is 11.6 Å². The van der Waals surface area contributed by atoms with Crippen molar-refractivity contribution in [3.8, 4) is 0 Å². The molecule has 0 fully saturated rings. The average molecular weight is 202 g/mol. The summed E-state index contributed by atoms with van der Waals surface area (Å²) in [6.07, 6.45) is 1.63. The van der Waals surface area contributed by atoms with Crippen LogP contribution in [0.15, 0.2) is 35.3 Å². The summed E-state index contributed by atoms with van der Waals surface area (Å²) in [5.41, 5.74) is 0.874. The Balaban J connectivity index is 2.68. The van der Waals surface area contributed by atoms with Gasteiger partial charge in [-0.1, -0.05) is 29.7 Å². The first kappa shape index (κ1) is 7.70. The molecule has 1 aromatic carbocycles. The molecule has 3 aromatic rings. The number of nitrogens with one attached hydrogen (secondary N) is 1. The fourth-order valence-electron chi connectivity index (χ4n) is 1.54. The van der Waals surface area contributed by atoms with Gasteiger partial charge in [0.1, 0.15) is 0 Å². The van der Waals surface area contributed by atoms with E-state index in [9.17, 15) is 4.79 Å². The van der Waals surface area contributed by atoms with E-state index in [1.165, 1.54) is 11.5 Å². The van der Waals surface area contributed by atoms with Crippen LogP contribution in [0, 0.1) is 0 Å². The molecule has 0 amide bonds. The third-order valence-corrected chi connectivity index (χ3v) is 3.15. The van der Waals surface area contributed by atoms with Gasteiger partial charge >= 0.3 is 0 Å². The topological polar surface area (TPSA) is 45.8 Å². The highest BCUT2D eigenvalue weighted by atomic mass is 32.1. The minimum absolute atomic E-state index is 0.0525. The zero-order valence-electron chi connectivity index (χ0n) is 7.15. The van der Waals surface area contributed by atoms with Crippen molar-refractivity contribution in [3.63, 3.8) is 0 Å². The van der Waals surface area contributed by atoms with Gasteiger partial charge in [0.25, 0.3) is 5.56 Å². The van der Waals surface area contributed by atoms with Crippen molar-refractivity contribution >= 4 is 32.5 Å². The second-order valence-electron chi connectivity index (χ2n) is 3.05. The van der Waals surface area contributed by atoms with Crippen molar-refractivity contribution in [1.29, 1.82) is 0 Å². The van der Waals surface area contributed by atoms with E-state index >= 15 is 0 Å². The molecule has 0 aliphatic carbocycles. The first-order chi connectivity index (χ1) is 6.86. The van der Waals surface area contributed by atoms with Crippen LogP contribution in [0.3, 0.4) is 0 Å². The Morgan fingerprint density at radius 3 is 3.00 bits per heavy atom. The van der Waals surface area contributed by atoms with Crippen molar-refractivity contribution in [2.24, 2.45) is 0 Å². The fourth-order valence-corrected chi connectivity index (χ4v) is 2.38. The monoisotopic (exact) mass is 202 g/mol. The van der Waals surface area contributed by atoms with Crippen molar-refractivity contribution in [2.75, 3.05) is 0 Å². The second kappa shape index (κ2) is 2.65. The molecule has 2 heterocycles. The first-order valence-corrected chi connectivity index (χ1v) is 5.03. The van der Waals surface area contributed by atoms with Crippen LogP contribution in [-0.4, -0.2) is 9.36 Å². The molecular weight excluding hydrogens is 196 g/mol. The number of para-hydroxylation sites is 1. The summed E-state index contributed by atoms with van der Waals surface area (Å²) >= 11 is 1.37. The molecule has 0 saturated carbocycles. The number of nitrogens with zero attached hydrogens (tertiary/aromatic N) is 1. The number of pyridine rings is 1. The van der Waals surface area contributed by atoms with E-state index in [0.717, 1.165) is 15.6 Å². The third-order valence-electron chi connectivity index (χ3n) is 2.22. The lowest BCUT2D eigenvalue weighted by molar-refractivity contribution is 1.41. The Hall–Kier alpha value is -1.68. The summed E-state index contributed by atoms with van der Waals surface area (Å²) < 4.78 is 3.70. The molecule has 0 atom stereocenters. The van der Waals surface area contributed by atoms with E-state index in [1.807, 2.05) is 24.3 Å². The highest BCUT2D eigenvalue weighted by molar-refractivity contribution is 7.14. The molecule has 2 aromatic heterocycles. The molecule has 1 N–H and O–H groups in total. The largest absolute Gasteiger partial charge is 0.277 e. The van der Waals surface area contributed by atoms with Gasteiger partial charge in [-0.3, -0.25) is 14.2 Å². The number of benzene rings is 1. The predicted octanol–water partition coefficient (Wildman–Crippen LogP) is 2.14. The number of fused-ring (bicyclic) bond motifs is 3. The van der Waals surface area contributed by atoms with Gasteiger partial charge in [0.05, 0.1) is 15.6 Å². The lowest BCUT2D eigenvalue weighted by Gasteiger charge is -1.95. The van der Waals surface area contributed by atoms with Crippen molar-refractivity contribution < 1.29 is 0 Å². The van der Waals surface area contributed by atoms with Gasteiger partial charge < -0.3 is 0 Å². The van der Waals surface area contributed by atoms with Gasteiger partial charge in [0.2, 0.25) is 0 Å². The number of hydrogen-bond donors (Lipinski definition) is 1. The Bertz CT molecular complexity index is 668. The molecule has 68 valence electrons. The van der Waals surface area contributed by atoms with E-state index < -0.39 is 0 Å². The molecular formula is C10H6N2OS. The summed E-state index contributed by atoms with van der Waals surface area (Å²) in [7, 11) is 0. The Kier molecular flexibility index (Phi) is 1.46. The SMILES string of the molecule is O=c1[nH]sc2c1cnc1ccccc12. The standard InChI is InChI=1S/C10H6N2OS/c13-10-7-5-11-8-4-2-1-3-6(8)9(7)14-12-10/h1-5H,(H,12,13). The van der Waals surface area contributed by atoms with Crippen LogP contribution in [0.2, 0.25) is 0 Å². The van der Waals surface area contributed by atoms with Gasteiger partial charge in [0.15, 0.2) is 0 Å². The maximum absolute atomic E-state index is 11.3.